The molecule has 13 heavy (non-hydrogen) atoms. The molecule has 2 heterocycles. The van der Waals surface area contributed by atoms with Gasteiger partial charge in [0.25, 0.3) is 0 Å². The Bertz CT molecular complexity index is 282. The fraction of sp³-hybridized carbons (Fsp3) is 0.500. The Hall–Kier alpha value is -0.410. The number of pyridine rings is 1. The fourth-order valence-corrected chi connectivity index (χ4v) is 2.26. The van der Waals surface area contributed by atoms with Crippen LogP contribution in [0.4, 0.5) is 0 Å². The van der Waals surface area contributed by atoms with Crippen LogP contribution < -0.4 is 5.32 Å². The van der Waals surface area contributed by atoms with Crippen molar-refractivity contribution in [3.05, 3.63) is 28.5 Å². The van der Waals surface area contributed by atoms with Crippen LogP contribution in [0.5, 0.6) is 0 Å². The van der Waals surface area contributed by atoms with Gasteiger partial charge in [0, 0.05) is 28.9 Å². The normalized spacial score (nSPS) is 23.0. The maximum absolute atomic E-state index is 4.19. The van der Waals surface area contributed by atoms with Crippen molar-refractivity contribution < 1.29 is 5.32 Å². The summed E-state index contributed by atoms with van der Waals surface area (Å²) < 4.78 is 1.09. The number of hydrogen-bond acceptors (Lipinski definition) is 1. The van der Waals surface area contributed by atoms with Gasteiger partial charge < -0.3 is 5.32 Å². The van der Waals surface area contributed by atoms with Crippen molar-refractivity contribution >= 4 is 15.9 Å². The van der Waals surface area contributed by atoms with E-state index in [4.69, 9.17) is 0 Å². The van der Waals surface area contributed by atoms with Crippen molar-refractivity contribution in [1.82, 2.24) is 4.98 Å². The van der Waals surface area contributed by atoms with Crippen LogP contribution in [-0.2, 0) is 0 Å². The first-order valence-corrected chi connectivity index (χ1v) is 5.59. The molecule has 0 aliphatic carbocycles. The molecule has 0 spiro atoms. The maximum Gasteiger partial charge on any atom is 0.113 e. The number of hydrogen-bond donors (Lipinski definition) is 1. The average Bonchev–Trinajstić information content (AvgIpc) is 2.19. The van der Waals surface area contributed by atoms with Crippen LogP contribution in [0.3, 0.4) is 0 Å². The van der Waals surface area contributed by atoms with E-state index in [2.05, 4.69) is 32.3 Å². The Labute approximate surface area is 86.9 Å². The molecule has 0 aromatic carbocycles. The zero-order chi connectivity index (χ0) is 9.10. The highest BCUT2D eigenvalue weighted by Gasteiger charge is 2.18. The molecular weight excluding hydrogens is 228 g/mol. The number of aromatic nitrogens is 1. The van der Waals surface area contributed by atoms with Crippen LogP contribution in [0.1, 0.15) is 30.9 Å². The topological polar surface area (TPSA) is 29.5 Å². The molecular formula is C10H14BrN2+. The Morgan fingerprint density at radius 3 is 3.00 bits per heavy atom. The molecule has 1 saturated heterocycles. The SMILES string of the molecule is Brc1cncc([C@@H]2CCCC[NH2+]2)c1. The van der Waals surface area contributed by atoms with Crippen LogP contribution in [0.2, 0.25) is 0 Å². The summed E-state index contributed by atoms with van der Waals surface area (Å²) in [5, 5.41) is 2.42. The minimum atomic E-state index is 0.638. The van der Waals surface area contributed by atoms with Crippen molar-refractivity contribution in [1.29, 1.82) is 0 Å². The van der Waals surface area contributed by atoms with Crippen LogP contribution in [0, 0.1) is 0 Å². The lowest BCUT2D eigenvalue weighted by molar-refractivity contribution is -0.704. The smallest absolute Gasteiger partial charge is 0.113 e. The van der Waals surface area contributed by atoms with E-state index in [9.17, 15) is 0 Å². The molecule has 0 radical (unpaired) electrons. The first kappa shape index (κ1) is 9.16. The molecule has 0 saturated carbocycles. The Morgan fingerprint density at radius 1 is 1.38 bits per heavy atom. The van der Waals surface area contributed by atoms with Gasteiger partial charge in [-0.25, -0.2) is 0 Å². The van der Waals surface area contributed by atoms with Gasteiger partial charge in [0.1, 0.15) is 6.04 Å². The number of nitrogens with zero attached hydrogens (tertiary/aromatic N) is 1. The van der Waals surface area contributed by atoms with Crippen LogP contribution in [0.15, 0.2) is 22.9 Å². The maximum atomic E-state index is 4.19. The number of nitrogens with two attached hydrogens (primary N) is 1. The quantitative estimate of drug-likeness (QED) is 0.796. The monoisotopic (exact) mass is 241 g/mol. The van der Waals surface area contributed by atoms with Gasteiger partial charge in [0.2, 0.25) is 0 Å². The van der Waals surface area contributed by atoms with Gasteiger partial charge in [0.15, 0.2) is 0 Å². The van der Waals surface area contributed by atoms with E-state index in [-0.39, 0.29) is 0 Å². The van der Waals surface area contributed by atoms with Crippen molar-refractivity contribution in [3.63, 3.8) is 0 Å². The molecule has 1 aromatic rings. The number of piperidine rings is 1. The van der Waals surface area contributed by atoms with Crippen molar-refractivity contribution in [2.45, 2.75) is 25.3 Å². The second kappa shape index (κ2) is 4.20. The zero-order valence-corrected chi connectivity index (χ0v) is 9.13. The summed E-state index contributed by atoms with van der Waals surface area (Å²) in [5.74, 6) is 0. The third-order valence-electron chi connectivity index (χ3n) is 2.57. The summed E-state index contributed by atoms with van der Waals surface area (Å²) in [5.41, 5.74) is 1.36. The lowest BCUT2D eigenvalue weighted by Gasteiger charge is -2.20. The largest absolute Gasteiger partial charge is 0.340 e. The van der Waals surface area contributed by atoms with Gasteiger partial charge in [-0.05, 0) is 34.8 Å². The highest BCUT2D eigenvalue weighted by Crippen LogP contribution is 2.19. The molecule has 2 N–H and O–H groups in total. The van der Waals surface area contributed by atoms with Gasteiger partial charge >= 0.3 is 0 Å². The van der Waals surface area contributed by atoms with E-state index in [1.807, 2.05) is 12.4 Å². The minimum Gasteiger partial charge on any atom is -0.340 e. The van der Waals surface area contributed by atoms with Gasteiger partial charge in [-0.15, -0.1) is 0 Å². The van der Waals surface area contributed by atoms with Gasteiger partial charge in [0.05, 0.1) is 6.54 Å². The fourth-order valence-electron chi connectivity index (χ4n) is 1.88. The molecule has 0 amide bonds. The molecule has 0 unspecified atom stereocenters. The first-order valence-electron chi connectivity index (χ1n) is 4.80. The lowest BCUT2D eigenvalue weighted by Crippen LogP contribution is -2.86. The molecule has 1 aromatic heterocycles. The lowest BCUT2D eigenvalue weighted by atomic mass is 9.99. The molecule has 1 aliphatic rings. The van der Waals surface area contributed by atoms with Crippen molar-refractivity contribution in [2.24, 2.45) is 0 Å². The minimum absolute atomic E-state index is 0.638. The molecule has 1 fully saturated rings. The van der Waals surface area contributed by atoms with Crippen LogP contribution in [-0.4, -0.2) is 11.5 Å². The zero-order valence-electron chi connectivity index (χ0n) is 7.54. The Morgan fingerprint density at radius 2 is 2.31 bits per heavy atom. The number of rotatable bonds is 1. The van der Waals surface area contributed by atoms with E-state index in [0.717, 1.165) is 4.47 Å². The summed E-state index contributed by atoms with van der Waals surface area (Å²) >= 11 is 3.45. The third kappa shape index (κ3) is 2.29. The Balaban J connectivity index is 2.14. The third-order valence-corrected chi connectivity index (χ3v) is 3.01. The highest BCUT2D eigenvalue weighted by molar-refractivity contribution is 9.10. The molecule has 3 heteroatoms. The van der Waals surface area contributed by atoms with E-state index in [1.165, 1.54) is 31.4 Å². The average molecular weight is 242 g/mol. The molecule has 70 valence electrons. The Kier molecular flexibility index (Phi) is 2.96. The van der Waals surface area contributed by atoms with E-state index < -0.39 is 0 Å². The standard InChI is InChI=1S/C10H13BrN2/c11-9-5-8(6-12-7-9)10-3-1-2-4-13-10/h5-7,10,13H,1-4H2/p+1/t10-/m0/s1. The summed E-state index contributed by atoms with van der Waals surface area (Å²) in [6.07, 6.45) is 7.83. The van der Waals surface area contributed by atoms with Crippen molar-refractivity contribution in [3.8, 4) is 0 Å². The second-order valence-electron chi connectivity index (χ2n) is 3.56. The summed E-state index contributed by atoms with van der Waals surface area (Å²) in [7, 11) is 0. The molecule has 2 nitrogen and oxygen atoms in total. The highest BCUT2D eigenvalue weighted by atomic mass is 79.9. The number of quaternary nitrogens is 1. The number of halogens is 1. The molecule has 2 rings (SSSR count). The summed E-state index contributed by atoms with van der Waals surface area (Å²) in [4.78, 5) is 4.19. The van der Waals surface area contributed by atoms with E-state index in [1.54, 1.807) is 0 Å². The van der Waals surface area contributed by atoms with Crippen LogP contribution >= 0.6 is 15.9 Å². The predicted molar refractivity (Wildman–Crippen MR) is 55.3 cm³/mol. The van der Waals surface area contributed by atoms with Crippen molar-refractivity contribution in [2.75, 3.05) is 6.54 Å². The second-order valence-corrected chi connectivity index (χ2v) is 4.48. The van der Waals surface area contributed by atoms with E-state index >= 15 is 0 Å². The predicted octanol–water partition coefficient (Wildman–Crippen LogP) is 1.63. The summed E-state index contributed by atoms with van der Waals surface area (Å²) in [6.45, 7) is 1.26. The molecule has 1 atom stereocenters. The first-order chi connectivity index (χ1) is 6.36. The molecule has 0 bridgehead atoms. The van der Waals surface area contributed by atoms with Crippen LogP contribution in [0.25, 0.3) is 0 Å². The van der Waals surface area contributed by atoms with Gasteiger partial charge in [-0.1, -0.05) is 0 Å². The molecule has 1 aliphatic heterocycles. The van der Waals surface area contributed by atoms with Gasteiger partial charge in [-0.3, -0.25) is 4.98 Å². The van der Waals surface area contributed by atoms with Gasteiger partial charge in [-0.2, -0.15) is 0 Å². The van der Waals surface area contributed by atoms with E-state index in [0.29, 0.717) is 6.04 Å². The summed E-state index contributed by atoms with van der Waals surface area (Å²) in [6, 6.07) is 2.82.